The number of methoxy groups -OCH3 is 2. The molecule has 27 heavy (non-hydrogen) atoms. The van der Waals surface area contributed by atoms with Gasteiger partial charge in [0.15, 0.2) is 5.13 Å². The van der Waals surface area contributed by atoms with Crippen LogP contribution in [0.25, 0.3) is 0 Å². The summed E-state index contributed by atoms with van der Waals surface area (Å²) in [6, 6.07) is 4.94. The van der Waals surface area contributed by atoms with Gasteiger partial charge in [-0.15, -0.1) is 0 Å². The number of piperazine rings is 1. The van der Waals surface area contributed by atoms with Crippen LogP contribution in [-0.2, 0) is 6.18 Å². The van der Waals surface area contributed by atoms with E-state index in [4.69, 9.17) is 9.47 Å². The Morgan fingerprint density at radius 1 is 1.07 bits per heavy atom. The summed E-state index contributed by atoms with van der Waals surface area (Å²) in [7, 11) is 3.01. The molecule has 2 heterocycles. The van der Waals surface area contributed by atoms with E-state index in [-0.39, 0.29) is 5.91 Å². The molecular weight excluding hydrogens is 383 g/mol. The molecule has 1 aromatic carbocycles. The van der Waals surface area contributed by atoms with Crippen molar-refractivity contribution in [3.63, 3.8) is 0 Å². The number of alkyl halides is 3. The summed E-state index contributed by atoms with van der Waals surface area (Å²) in [5.41, 5.74) is 0.438. The van der Waals surface area contributed by atoms with Crippen molar-refractivity contribution in [2.24, 2.45) is 0 Å². The molecule has 0 spiro atoms. The van der Waals surface area contributed by atoms with Crippen LogP contribution in [0.5, 0.6) is 11.5 Å². The summed E-state index contributed by atoms with van der Waals surface area (Å²) < 4.78 is 48.5. The SMILES string of the molecule is COc1cc(OC)cc(C(=O)N2CCN(c3ncc(C(F)(F)F)s3)CC2)c1. The van der Waals surface area contributed by atoms with Crippen molar-refractivity contribution < 1.29 is 27.4 Å². The lowest BCUT2D eigenvalue weighted by molar-refractivity contribution is -0.134. The van der Waals surface area contributed by atoms with Crippen LogP contribution in [0.3, 0.4) is 0 Å². The van der Waals surface area contributed by atoms with E-state index in [2.05, 4.69) is 4.98 Å². The second-order valence-electron chi connectivity index (χ2n) is 5.89. The lowest BCUT2D eigenvalue weighted by Gasteiger charge is -2.34. The predicted octanol–water partition coefficient (Wildman–Crippen LogP) is 3.14. The number of thiazole rings is 1. The summed E-state index contributed by atoms with van der Waals surface area (Å²) >= 11 is 0.616. The van der Waals surface area contributed by atoms with Gasteiger partial charge in [-0.25, -0.2) is 4.98 Å². The van der Waals surface area contributed by atoms with E-state index in [0.29, 0.717) is 59.7 Å². The van der Waals surface area contributed by atoms with Gasteiger partial charge in [-0.1, -0.05) is 11.3 Å². The number of carbonyl (C=O) groups is 1. The number of ether oxygens (including phenoxy) is 2. The predicted molar refractivity (Wildman–Crippen MR) is 94.8 cm³/mol. The number of hydrogen-bond donors (Lipinski definition) is 0. The minimum absolute atomic E-state index is 0.179. The third kappa shape index (κ3) is 4.26. The first-order valence-electron chi connectivity index (χ1n) is 8.12. The summed E-state index contributed by atoms with van der Waals surface area (Å²) in [5, 5.41) is 0.317. The Kier molecular flexibility index (Phi) is 5.45. The number of anilines is 1. The van der Waals surface area contributed by atoms with Crippen LogP contribution in [-0.4, -0.2) is 56.2 Å². The van der Waals surface area contributed by atoms with Gasteiger partial charge < -0.3 is 19.3 Å². The Hall–Kier alpha value is -2.49. The van der Waals surface area contributed by atoms with Crippen LogP contribution < -0.4 is 14.4 Å². The molecule has 1 amide bonds. The van der Waals surface area contributed by atoms with Gasteiger partial charge in [0.05, 0.1) is 20.4 Å². The first-order chi connectivity index (χ1) is 12.8. The lowest BCUT2D eigenvalue weighted by Crippen LogP contribution is -2.48. The van der Waals surface area contributed by atoms with Crippen LogP contribution in [0.15, 0.2) is 24.4 Å². The highest BCUT2D eigenvalue weighted by molar-refractivity contribution is 7.15. The van der Waals surface area contributed by atoms with Gasteiger partial charge in [-0.3, -0.25) is 4.79 Å². The maximum atomic E-state index is 12.7. The molecule has 1 aliphatic rings. The largest absolute Gasteiger partial charge is 0.497 e. The summed E-state index contributed by atoms with van der Waals surface area (Å²) in [5.74, 6) is 0.847. The molecule has 1 saturated heterocycles. The fourth-order valence-corrected chi connectivity index (χ4v) is 3.59. The molecule has 0 unspecified atom stereocenters. The maximum Gasteiger partial charge on any atom is 0.427 e. The van der Waals surface area contributed by atoms with E-state index in [9.17, 15) is 18.0 Å². The highest BCUT2D eigenvalue weighted by atomic mass is 32.1. The van der Waals surface area contributed by atoms with E-state index < -0.39 is 11.1 Å². The average molecular weight is 401 g/mol. The number of rotatable bonds is 4. The number of aromatic nitrogens is 1. The fraction of sp³-hybridized carbons (Fsp3) is 0.412. The van der Waals surface area contributed by atoms with Crippen LogP contribution in [0.4, 0.5) is 18.3 Å². The van der Waals surface area contributed by atoms with Gasteiger partial charge in [-0.05, 0) is 12.1 Å². The Balaban J connectivity index is 1.67. The molecule has 6 nitrogen and oxygen atoms in total. The molecule has 1 fully saturated rings. The number of hydrogen-bond acceptors (Lipinski definition) is 6. The van der Waals surface area contributed by atoms with Crippen molar-refractivity contribution in [1.82, 2.24) is 9.88 Å². The molecule has 1 aromatic heterocycles. The van der Waals surface area contributed by atoms with Gasteiger partial charge in [0, 0.05) is 37.8 Å². The van der Waals surface area contributed by atoms with Gasteiger partial charge in [0.2, 0.25) is 0 Å². The minimum Gasteiger partial charge on any atom is -0.497 e. The van der Waals surface area contributed by atoms with Crippen LogP contribution in [0.2, 0.25) is 0 Å². The van der Waals surface area contributed by atoms with Crippen molar-refractivity contribution in [1.29, 1.82) is 0 Å². The van der Waals surface area contributed by atoms with Crippen molar-refractivity contribution >= 4 is 22.4 Å². The molecule has 146 valence electrons. The Morgan fingerprint density at radius 3 is 2.15 bits per heavy atom. The van der Waals surface area contributed by atoms with E-state index >= 15 is 0 Å². The zero-order chi connectivity index (χ0) is 19.6. The molecule has 0 bridgehead atoms. The standard InChI is InChI=1S/C17H18F3N3O3S/c1-25-12-7-11(8-13(9-12)26-2)15(24)22-3-5-23(6-4-22)16-21-10-14(27-16)17(18,19)20/h7-10H,3-6H2,1-2H3. The first kappa shape index (κ1) is 19.3. The maximum absolute atomic E-state index is 12.7. The molecule has 1 aliphatic heterocycles. The molecule has 0 atom stereocenters. The third-order valence-corrected chi connectivity index (χ3v) is 5.31. The Labute approximate surface area is 158 Å². The third-order valence-electron chi connectivity index (χ3n) is 4.21. The van der Waals surface area contributed by atoms with E-state index in [1.807, 2.05) is 0 Å². The molecule has 3 rings (SSSR count). The van der Waals surface area contributed by atoms with Gasteiger partial charge in [-0.2, -0.15) is 13.2 Å². The van der Waals surface area contributed by atoms with E-state index in [0.717, 1.165) is 6.20 Å². The first-order valence-corrected chi connectivity index (χ1v) is 8.94. The summed E-state index contributed by atoms with van der Waals surface area (Å²) in [6.07, 6.45) is -3.54. The van der Waals surface area contributed by atoms with Crippen LogP contribution >= 0.6 is 11.3 Å². The number of halogens is 3. The molecule has 10 heteroatoms. The number of carbonyl (C=O) groups excluding carboxylic acids is 1. The molecule has 0 N–H and O–H groups in total. The van der Waals surface area contributed by atoms with Crippen molar-refractivity contribution in [3.05, 3.63) is 34.8 Å². The number of nitrogens with zero attached hydrogens (tertiary/aromatic N) is 3. The van der Waals surface area contributed by atoms with Crippen LogP contribution in [0.1, 0.15) is 15.2 Å². The number of amides is 1. The Morgan fingerprint density at radius 2 is 1.67 bits per heavy atom. The quantitative estimate of drug-likeness (QED) is 0.788. The smallest absolute Gasteiger partial charge is 0.427 e. The summed E-state index contributed by atoms with van der Waals surface area (Å²) in [4.78, 5) is 19.3. The molecule has 0 saturated carbocycles. The highest BCUT2D eigenvalue weighted by Gasteiger charge is 2.34. The fourth-order valence-electron chi connectivity index (χ4n) is 2.76. The highest BCUT2D eigenvalue weighted by Crippen LogP contribution is 2.36. The topological polar surface area (TPSA) is 54.9 Å². The van der Waals surface area contributed by atoms with Gasteiger partial charge >= 0.3 is 6.18 Å². The second kappa shape index (κ2) is 7.63. The molecular formula is C17H18F3N3O3S. The van der Waals surface area contributed by atoms with Gasteiger partial charge in [0.1, 0.15) is 16.4 Å². The molecule has 0 aliphatic carbocycles. The summed E-state index contributed by atoms with van der Waals surface area (Å²) in [6.45, 7) is 1.61. The zero-order valence-electron chi connectivity index (χ0n) is 14.7. The second-order valence-corrected chi connectivity index (χ2v) is 6.89. The molecule has 0 radical (unpaired) electrons. The van der Waals surface area contributed by atoms with E-state index in [1.165, 1.54) is 14.2 Å². The van der Waals surface area contributed by atoms with Crippen molar-refractivity contribution in [2.75, 3.05) is 45.3 Å². The van der Waals surface area contributed by atoms with Crippen LogP contribution in [0, 0.1) is 0 Å². The minimum atomic E-state index is -4.39. The van der Waals surface area contributed by atoms with E-state index in [1.54, 1.807) is 28.0 Å². The van der Waals surface area contributed by atoms with Crippen molar-refractivity contribution in [3.8, 4) is 11.5 Å². The van der Waals surface area contributed by atoms with Crippen molar-refractivity contribution in [2.45, 2.75) is 6.18 Å². The zero-order valence-corrected chi connectivity index (χ0v) is 15.6. The number of benzene rings is 1. The lowest BCUT2D eigenvalue weighted by atomic mass is 10.1. The Bertz CT molecular complexity index is 795. The normalized spacial score (nSPS) is 15.0. The average Bonchev–Trinajstić information content (AvgIpc) is 3.17. The van der Waals surface area contributed by atoms with Gasteiger partial charge in [0.25, 0.3) is 5.91 Å². The monoisotopic (exact) mass is 401 g/mol. The molecule has 2 aromatic rings.